The van der Waals surface area contributed by atoms with Gasteiger partial charge in [-0.05, 0) is 30.5 Å². The Morgan fingerprint density at radius 1 is 1.11 bits per heavy atom. The molecule has 2 aromatic carbocycles. The zero-order valence-electron chi connectivity index (χ0n) is 10.8. The van der Waals surface area contributed by atoms with E-state index in [0.717, 1.165) is 10.2 Å². The summed E-state index contributed by atoms with van der Waals surface area (Å²) >= 11 is 3.60. The zero-order chi connectivity index (χ0) is 13.7. The number of hydrogen-bond donors (Lipinski definition) is 1. The van der Waals surface area contributed by atoms with Crippen molar-refractivity contribution in [1.82, 2.24) is 0 Å². The van der Waals surface area contributed by atoms with E-state index >= 15 is 0 Å². The predicted molar refractivity (Wildman–Crippen MR) is 81.9 cm³/mol. The lowest BCUT2D eigenvalue weighted by atomic mass is 9.87. The fraction of sp³-hybridized carbons (Fsp3) is 0.188. The molecule has 0 spiro atoms. The minimum Gasteiger partial charge on any atom is -0.411 e. The molecule has 2 rings (SSSR count). The number of rotatable bonds is 4. The van der Waals surface area contributed by atoms with Crippen LogP contribution in [0.15, 0.2) is 64.2 Å². The maximum absolute atomic E-state index is 8.92. The molecule has 1 unspecified atom stereocenters. The highest BCUT2D eigenvalue weighted by Crippen LogP contribution is 2.33. The number of hydrogen-bond acceptors (Lipinski definition) is 2. The van der Waals surface area contributed by atoms with E-state index in [1.807, 2.05) is 43.3 Å². The molecule has 0 aliphatic carbocycles. The van der Waals surface area contributed by atoms with Crippen molar-refractivity contribution in [3.8, 4) is 0 Å². The van der Waals surface area contributed by atoms with Crippen LogP contribution >= 0.6 is 15.9 Å². The third kappa shape index (κ3) is 3.44. The molecule has 0 aromatic heterocycles. The molecule has 3 heteroatoms. The summed E-state index contributed by atoms with van der Waals surface area (Å²) in [6.45, 7) is 1.84. The van der Waals surface area contributed by atoms with Crippen molar-refractivity contribution >= 4 is 21.6 Å². The van der Waals surface area contributed by atoms with E-state index in [4.69, 9.17) is 5.21 Å². The molecule has 0 radical (unpaired) electrons. The Hall–Kier alpha value is -1.61. The van der Waals surface area contributed by atoms with Crippen LogP contribution in [0.2, 0.25) is 0 Å². The molecule has 2 nitrogen and oxygen atoms in total. The Morgan fingerprint density at radius 3 is 2.37 bits per heavy atom. The fourth-order valence-corrected chi connectivity index (χ4v) is 2.75. The van der Waals surface area contributed by atoms with Gasteiger partial charge in [0.25, 0.3) is 0 Å². The molecule has 1 atom stereocenters. The lowest BCUT2D eigenvalue weighted by Crippen LogP contribution is -2.07. The Bertz CT molecular complexity index is 566. The van der Waals surface area contributed by atoms with Gasteiger partial charge in [0, 0.05) is 10.4 Å². The van der Waals surface area contributed by atoms with E-state index in [9.17, 15) is 0 Å². The van der Waals surface area contributed by atoms with Crippen molar-refractivity contribution in [1.29, 1.82) is 0 Å². The number of oxime groups is 1. The Morgan fingerprint density at radius 2 is 1.74 bits per heavy atom. The van der Waals surface area contributed by atoms with Crippen molar-refractivity contribution in [3.05, 3.63) is 70.2 Å². The normalized spacial score (nSPS) is 13.3. The first kappa shape index (κ1) is 13.8. The van der Waals surface area contributed by atoms with Gasteiger partial charge in [-0.1, -0.05) is 69.6 Å². The fourth-order valence-electron chi connectivity index (χ4n) is 2.19. The molecule has 0 bridgehead atoms. The average Bonchev–Trinajstić information content (AvgIpc) is 2.46. The van der Waals surface area contributed by atoms with E-state index in [-0.39, 0.29) is 5.92 Å². The van der Waals surface area contributed by atoms with Crippen LogP contribution in [0.25, 0.3) is 0 Å². The van der Waals surface area contributed by atoms with Gasteiger partial charge >= 0.3 is 0 Å². The van der Waals surface area contributed by atoms with Crippen molar-refractivity contribution < 1.29 is 5.21 Å². The summed E-state index contributed by atoms with van der Waals surface area (Å²) in [4.78, 5) is 0. The van der Waals surface area contributed by atoms with E-state index < -0.39 is 0 Å². The second-order valence-electron chi connectivity index (χ2n) is 4.52. The standard InChI is InChI=1S/C16H16BrNO/c1-12(18-19)11-15(13-7-3-2-4-8-13)14-9-5-6-10-16(14)17/h2-10,15,19H,11H2,1H3. The highest BCUT2D eigenvalue weighted by atomic mass is 79.9. The summed E-state index contributed by atoms with van der Waals surface area (Å²) in [6.07, 6.45) is 0.698. The lowest BCUT2D eigenvalue weighted by molar-refractivity contribution is 0.317. The third-order valence-corrected chi connectivity index (χ3v) is 3.87. The first-order chi connectivity index (χ1) is 9.22. The summed E-state index contributed by atoms with van der Waals surface area (Å²) in [6, 6.07) is 18.5. The molecule has 0 saturated heterocycles. The second kappa shape index (κ2) is 6.53. The van der Waals surface area contributed by atoms with Crippen LogP contribution in [0.4, 0.5) is 0 Å². The van der Waals surface area contributed by atoms with Crippen LogP contribution < -0.4 is 0 Å². The van der Waals surface area contributed by atoms with Crippen LogP contribution in [0, 0.1) is 0 Å². The summed E-state index contributed by atoms with van der Waals surface area (Å²) in [5, 5.41) is 12.2. The molecule has 0 aliphatic rings. The van der Waals surface area contributed by atoms with Gasteiger partial charge in [-0.3, -0.25) is 0 Å². The molecule has 98 valence electrons. The maximum Gasteiger partial charge on any atom is 0.0549 e. The van der Waals surface area contributed by atoms with Gasteiger partial charge in [0.15, 0.2) is 0 Å². The van der Waals surface area contributed by atoms with E-state index in [1.165, 1.54) is 11.1 Å². The molecule has 0 heterocycles. The Labute approximate surface area is 121 Å². The molecule has 1 N–H and O–H groups in total. The summed E-state index contributed by atoms with van der Waals surface area (Å²) in [7, 11) is 0. The first-order valence-corrected chi connectivity index (χ1v) is 6.98. The largest absolute Gasteiger partial charge is 0.411 e. The van der Waals surface area contributed by atoms with Crippen molar-refractivity contribution in [2.75, 3.05) is 0 Å². The smallest absolute Gasteiger partial charge is 0.0549 e. The van der Waals surface area contributed by atoms with Gasteiger partial charge in [-0.25, -0.2) is 0 Å². The van der Waals surface area contributed by atoms with Crippen LogP contribution in [-0.2, 0) is 0 Å². The molecule has 0 saturated carbocycles. The molecule has 0 fully saturated rings. The highest BCUT2D eigenvalue weighted by molar-refractivity contribution is 9.10. The molecule has 0 amide bonds. The van der Waals surface area contributed by atoms with Crippen LogP contribution in [0.1, 0.15) is 30.4 Å². The van der Waals surface area contributed by atoms with E-state index in [2.05, 4.69) is 39.3 Å². The minimum absolute atomic E-state index is 0.188. The van der Waals surface area contributed by atoms with Gasteiger partial charge in [0.2, 0.25) is 0 Å². The second-order valence-corrected chi connectivity index (χ2v) is 5.38. The number of halogens is 1. The van der Waals surface area contributed by atoms with Gasteiger partial charge in [0.1, 0.15) is 0 Å². The Balaban J connectivity index is 2.43. The van der Waals surface area contributed by atoms with E-state index in [1.54, 1.807) is 0 Å². The topological polar surface area (TPSA) is 32.6 Å². The molecule has 19 heavy (non-hydrogen) atoms. The van der Waals surface area contributed by atoms with Gasteiger partial charge < -0.3 is 5.21 Å². The van der Waals surface area contributed by atoms with Crippen LogP contribution in [0.3, 0.4) is 0 Å². The monoisotopic (exact) mass is 317 g/mol. The SMILES string of the molecule is CC(CC(c1ccccc1)c1ccccc1Br)=NO. The molecular formula is C16H16BrNO. The first-order valence-electron chi connectivity index (χ1n) is 6.19. The molecule has 2 aromatic rings. The quantitative estimate of drug-likeness (QED) is 0.489. The van der Waals surface area contributed by atoms with Crippen molar-refractivity contribution in [2.45, 2.75) is 19.3 Å². The number of benzene rings is 2. The predicted octanol–water partition coefficient (Wildman–Crippen LogP) is 4.82. The maximum atomic E-state index is 8.92. The lowest BCUT2D eigenvalue weighted by Gasteiger charge is -2.19. The third-order valence-electron chi connectivity index (χ3n) is 3.15. The van der Waals surface area contributed by atoms with Crippen molar-refractivity contribution in [2.24, 2.45) is 5.16 Å². The van der Waals surface area contributed by atoms with Crippen LogP contribution in [0.5, 0.6) is 0 Å². The molecular weight excluding hydrogens is 302 g/mol. The van der Waals surface area contributed by atoms with Gasteiger partial charge in [-0.2, -0.15) is 0 Å². The zero-order valence-corrected chi connectivity index (χ0v) is 12.3. The van der Waals surface area contributed by atoms with Gasteiger partial charge in [-0.15, -0.1) is 0 Å². The summed E-state index contributed by atoms with van der Waals surface area (Å²) in [5.74, 6) is 0.188. The highest BCUT2D eigenvalue weighted by Gasteiger charge is 2.17. The van der Waals surface area contributed by atoms with E-state index in [0.29, 0.717) is 6.42 Å². The van der Waals surface area contributed by atoms with Crippen molar-refractivity contribution in [3.63, 3.8) is 0 Å². The molecule has 0 aliphatic heterocycles. The van der Waals surface area contributed by atoms with Gasteiger partial charge in [0.05, 0.1) is 5.71 Å². The Kier molecular flexibility index (Phi) is 4.74. The van der Waals surface area contributed by atoms with Crippen LogP contribution in [-0.4, -0.2) is 10.9 Å². The number of nitrogens with zero attached hydrogens (tertiary/aromatic N) is 1. The average molecular weight is 318 g/mol. The summed E-state index contributed by atoms with van der Waals surface area (Å²) < 4.78 is 1.08. The minimum atomic E-state index is 0.188. The summed E-state index contributed by atoms with van der Waals surface area (Å²) in [5.41, 5.74) is 3.15.